The molecule has 1 aromatic heterocycles. The fourth-order valence-electron chi connectivity index (χ4n) is 4.36. The second-order valence-corrected chi connectivity index (χ2v) is 9.61. The first kappa shape index (κ1) is 23.0. The molecule has 0 radical (unpaired) electrons. The zero-order valence-corrected chi connectivity index (χ0v) is 20.9. The SMILES string of the molecule is CCCCC(CC)COc1ccc(-n2c3cc(Cl)c(C)cc3c3cc(C)c(Cl)cc32)cc1. The molecule has 2 nitrogen and oxygen atoms in total. The molecule has 1 unspecified atom stereocenters. The molecule has 168 valence electrons. The van der Waals surface area contributed by atoms with Crippen LogP contribution in [-0.4, -0.2) is 11.2 Å². The number of hydrogen-bond donors (Lipinski definition) is 0. The third-order valence-electron chi connectivity index (χ3n) is 6.45. The Morgan fingerprint density at radius 3 is 1.91 bits per heavy atom. The minimum atomic E-state index is 0.614. The zero-order valence-electron chi connectivity index (χ0n) is 19.3. The maximum atomic E-state index is 6.52. The van der Waals surface area contributed by atoms with E-state index in [9.17, 15) is 0 Å². The summed E-state index contributed by atoms with van der Waals surface area (Å²) in [5.41, 5.74) is 5.37. The summed E-state index contributed by atoms with van der Waals surface area (Å²) in [5.74, 6) is 1.52. The maximum Gasteiger partial charge on any atom is 0.119 e. The average molecular weight is 468 g/mol. The zero-order chi connectivity index (χ0) is 22.8. The number of aryl methyl sites for hydroxylation is 2. The molecule has 3 aromatic carbocycles. The standard InChI is InChI=1S/C28H31Cl2NO/c1-5-7-8-20(6-2)17-32-22-11-9-21(10-12-22)31-27-15-25(29)18(3)13-23(27)24-14-19(4)26(30)16-28(24)31/h9-16,20H,5-8,17H2,1-4H3. The van der Waals surface area contributed by atoms with Crippen LogP contribution in [0.4, 0.5) is 0 Å². The second kappa shape index (κ2) is 9.77. The smallest absolute Gasteiger partial charge is 0.119 e. The number of hydrogen-bond acceptors (Lipinski definition) is 1. The lowest BCUT2D eigenvalue weighted by Crippen LogP contribution is -2.11. The van der Waals surface area contributed by atoms with E-state index in [-0.39, 0.29) is 0 Å². The first-order valence-corrected chi connectivity index (χ1v) is 12.3. The molecule has 4 aromatic rings. The highest BCUT2D eigenvalue weighted by molar-refractivity contribution is 6.33. The van der Waals surface area contributed by atoms with Crippen molar-refractivity contribution >= 4 is 45.0 Å². The lowest BCUT2D eigenvalue weighted by Gasteiger charge is -2.16. The van der Waals surface area contributed by atoms with E-state index in [0.717, 1.165) is 56.7 Å². The van der Waals surface area contributed by atoms with Gasteiger partial charge in [0.05, 0.1) is 17.6 Å². The number of benzene rings is 3. The molecule has 0 saturated heterocycles. The highest BCUT2D eigenvalue weighted by Crippen LogP contribution is 2.37. The van der Waals surface area contributed by atoms with E-state index in [1.165, 1.54) is 30.0 Å². The van der Waals surface area contributed by atoms with Crippen LogP contribution in [0.5, 0.6) is 5.75 Å². The molecule has 4 rings (SSSR count). The highest BCUT2D eigenvalue weighted by Gasteiger charge is 2.16. The Balaban J connectivity index is 1.72. The van der Waals surface area contributed by atoms with Crippen molar-refractivity contribution in [2.45, 2.75) is 53.4 Å². The highest BCUT2D eigenvalue weighted by atomic mass is 35.5. The van der Waals surface area contributed by atoms with Gasteiger partial charge in [-0.25, -0.2) is 0 Å². The first-order valence-electron chi connectivity index (χ1n) is 11.6. The van der Waals surface area contributed by atoms with Crippen molar-refractivity contribution in [1.29, 1.82) is 0 Å². The Morgan fingerprint density at radius 2 is 1.41 bits per heavy atom. The lowest BCUT2D eigenvalue weighted by molar-refractivity contribution is 0.233. The van der Waals surface area contributed by atoms with Gasteiger partial charge in [0.2, 0.25) is 0 Å². The van der Waals surface area contributed by atoms with Crippen molar-refractivity contribution in [3.05, 3.63) is 69.7 Å². The fourth-order valence-corrected chi connectivity index (χ4v) is 4.67. The lowest BCUT2D eigenvalue weighted by atomic mass is 10.0. The number of ether oxygens (including phenoxy) is 1. The molecular formula is C28H31Cl2NO. The van der Waals surface area contributed by atoms with E-state index in [0.29, 0.717) is 5.92 Å². The molecule has 0 aliphatic rings. The Morgan fingerprint density at radius 1 is 0.844 bits per heavy atom. The van der Waals surface area contributed by atoms with Gasteiger partial charge in [-0.15, -0.1) is 0 Å². The van der Waals surface area contributed by atoms with Gasteiger partial charge in [-0.2, -0.15) is 0 Å². The van der Waals surface area contributed by atoms with Crippen molar-refractivity contribution in [3.63, 3.8) is 0 Å². The van der Waals surface area contributed by atoms with Gasteiger partial charge in [-0.05, 0) is 85.8 Å². The molecule has 0 aliphatic heterocycles. The fraction of sp³-hybridized carbons (Fsp3) is 0.357. The predicted octanol–water partition coefficient (Wildman–Crippen LogP) is 9.30. The summed E-state index contributed by atoms with van der Waals surface area (Å²) in [6.45, 7) is 9.35. The molecule has 1 heterocycles. The predicted molar refractivity (Wildman–Crippen MR) is 139 cm³/mol. The summed E-state index contributed by atoms with van der Waals surface area (Å²) in [5, 5.41) is 3.90. The molecule has 0 bridgehead atoms. The quantitative estimate of drug-likeness (QED) is 0.251. The molecule has 1 atom stereocenters. The van der Waals surface area contributed by atoms with Crippen LogP contribution in [0.1, 0.15) is 50.7 Å². The summed E-state index contributed by atoms with van der Waals surface area (Å²) in [6.07, 6.45) is 4.88. The monoisotopic (exact) mass is 467 g/mol. The van der Waals surface area contributed by atoms with Gasteiger partial charge in [-0.1, -0.05) is 56.3 Å². The van der Waals surface area contributed by atoms with Crippen LogP contribution in [0.3, 0.4) is 0 Å². The molecular weight excluding hydrogens is 437 g/mol. The Hall–Kier alpha value is -2.16. The van der Waals surface area contributed by atoms with E-state index in [1.807, 2.05) is 13.8 Å². The first-order chi connectivity index (χ1) is 15.4. The number of rotatable bonds is 8. The Labute approximate surface area is 201 Å². The van der Waals surface area contributed by atoms with Crippen molar-refractivity contribution in [1.82, 2.24) is 4.57 Å². The van der Waals surface area contributed by atoms with Gasteiger partial charge in [0, 0.05) is 26.5 Å². The van der Waals surface area contributed by atoms with E-state index in [4.69, 9.17) is 27.9 Å². The van der Waals surface area contributed by atoms with Crippen molar-refractivity contribution < 1.29 is 4.74 Å². The van der Waals surface area contributed by atoms with Crippen LogP contribution in [0.2, 0.25) is 10.0 Å². The van der Waals surface area contributed by atoms with Crippen molar-refractivity contribution in [2.24, 2.45) is 5.92 Å². The summed E-state index contributed by atoms with van der Waals surface area (Å²) < 4.78 is 8.36. The number of nitrogens with zero attached hydrogens (tertiary/aromatic N) is 1. The van der Waals surface area contributed by atoms with Gasteiger partial charge >= 0.3 is 0 Å². The van der Waals surface area contributed by atoms with Crippen LogP contribution >= 0.6 is 23.2 Å². The molecule has 0 aliphatic carbocycles. The summed E-state index contributed by atoms with van der Waals surface area (Å²) in [6, 6.07) is 16.8. The van der Waals surface area contributed by atoms with E-state index in [1.54, 1.807) is 0 Å². The van der Waals surface area contributed by atoms with Crippen LogP contribution in [0.15, 0.2) is 48.5 Å². The molecule has 0 N–H and O–H groups in total. The molecule has 0 saturated carbocycles. The second-order valence-electron chi connectivity index (χ2n) is 8.79. The van der Waals surface area contributed by atoms with E-state index in [2.05, 4.69) is 66.9 Å². The Bertz CT molecular complexity index is 1180. The molecule has 32 heavy (non-hydrogen) atoms. The van der Waals surface area contributed by atoms with Crippen LogP contribution in [-0.2, 0) is 0 Å². The van der Waals surface area contributed by atoms with Gasteiger partial charge in [0.25, 0.3) is 0 Å². The third kappa shape index (κ3) is 4.49. The number of unbranched alkanes of at least 4 members (excludes halogenated alkanes) is 1. The number of fused-ring (bicyclic) bond motifs is 3. The molecule has 4 heteroatoms. The van der Waals surface area contributed by atoms with Crippen LogP contribution in [0, 0.1) is 19.8 Å². The van der Waals surface area contributed by atoms with E-state index < -0.39 is 0 Å². The molecule has 0 fully saturated rings. The number of halogens is 2. The largest absolute Gasteiger partial charge is 0.493 e. The van der Waals surface area contributed by atoms with Gasteiger partial charge in [0.1, 0.15) is 5.75 Å². The van der Waals surface area contributed by atoms with Gasteiger partial charge < -0.3 is 9.30 Å². The van der Waals surface area contributed by atoms with Crippen molar-refractivity contribution in [2.75, 3.05) is 6.61 Å². The van der Waals surface area contributed by atoms with Crippen LogP contribution < -0.4 is 4.74 Å². The number of aromatic nitrogens is 1. The maximum absolute atomic E-state index is 6.52. The van der Waals surface area contributed by atoms with Crippen LogP contribution in [0.25, 0.3) is 27.5 Å². The molecule has 0 amide bonds. The Kier molecular flexibility index (Phi) is 7.02. The van der Waals surface area contributed by atoms with E-state index >= 15 is 0 Å². The third-order valence-corrected chi connectivity index (χ3v) is 7.26. The summed E-state index contributed by atoms with van der Waals surface area (Å²) in [4.78, 5) is 0. The minimum absolute atomic E-state index is 0.614. The topological polar surface area (TPSA) is 14.2 Å². The average Bonchev–Trinajstić information content (AvgIpc) is 3.07. The van der Waals surface area contributed by atoms with Gasteiger partial charge in [0.15, 0.2) is 0 Å². The minimum Gasteiger partial charge on any atom is -0.493 e. The van der Waals surface area contributed by atoms with Gasteiger partial charge in [-0.3, -0.25) is 0 Å². The summed E-state index contributed by atoms with van der Waals surface area (Å²) in [7, 11) is 0. The van der Waals surface area contributed by atoms with Crippen molar-refractivity contribution in [3.8, 4) is 11.4 Å². The normalized spacial score (nSPS) is 12.6. The molecule has 0 spiro atoms. The summed E-state index contributed by atoms with van der Waals surface area (Å²) >= 11 is 13.0.